The Morgan fingerprint density at radius 3 is 2.20 bits per heavy atom. The van der Waals surface area contributed by atoms with Crippen molar-refractivity contribution in [1.29, 1.82) is 0 Å². The fourth-order valence-corrected chi connectivity index (χ4v) is 3.76. The number of amides is 2. The van der Waals surface area contributed by atoms with Crippen molar-refractivity contribution >= 4 is 17.5 Å². The average Bonchev–Trinajstić information content (AvgIpc) is 2.75. The van der Waals surface area contributed by atoms with E-state index in [-0.39, 0.29) is 17.9 Å². The number of anilines is 1. The highest BCUT2D eigenvalue weighted by Crippen LogP contribution is 2.19. The molecular weight excluding hydrogens is 376 g/mol. The van der Waals surface area contributed by atoms with Gasteiger partial charge in [-0.05, 0) is 37.5 Å². The van der Waals surface area contributed by atoms with E-state index in [0.717, 1.165) is 16.8 Å². The Kier molecular flexibility index (Phi) is 7.60. The van der Waals surface area contributed by atoms with Crippen molar-refractivity contribution in [3.05, 3.63) is 65.2 Å². The monoisotopic (exact) mass is 408 g/mol. The van der Waals surface area contributed by atoms with Crippen molar-refractivity contribution in [2.45, 2.75) is 26.8 Å². The van der Waals surface area contributed by atoms with Crippen LogP contribution in [-0.2, 0) is 9.59 Å². The molecule has 0 unspecified atom stereocenters. The van der Waals surface area contributed by atoms with Crippen LogP contribution < -0.4 is 10.6 Å². The number of carbonyl (C=O) groups excluding carboxylic acids is 2. The van der Waals surface area contributed by atoms with Gasteiger partial charge in [0.05, 0.1) is 13.1 Å². The minimum absolute atomic E-state index is 0.00877. The molecule has 6 heteroatoms. The Morgan fingerprint density at radius 1 is 0.933 bits per heavy atom. The summed E-state index contributed by atoms with van der Waals surface area (Å²) < 4.78 is 0. The van der Waals surface area contributed by atoms with Gasteiger partial charge in [-0.1, -0.05) is 48.5 Å². The number of aryl methyl sites for hydroxylation is 2. The number of piperazine rings is 1. The number of benzene rings is 2. The number of hydrogen-bond donors (Lipinski definition) is 2. The third kappa shape index (κ3) is 5.90. The first-order chi connectivity index (χ1) is 14.4. The van der Waals surface area contributed by atoms with Gasteiger partial charge in [0.15, 0.2) is 0 Å². The van der Waals surface area contributed by atoms with E-state index in [0.29, 0.717) is 39.3 Å². The lowest BCUT2D eigenvalue weighted by atomic mass is 10.1. The summed E-state index contributed by atoms with van der Waals surface area (Å²) in [6.07, 6.45) is 0. The van der Waals surface area contributed by atoms with Gasteiger partial charge in [-0.3, -0.25) is 14.5 Å². The van der Waals surface area contributed by atoms with Crippen molar-refractivity contribution in [3.8, 4) is 0 Å². The minimum Gasteiger partial charge on any atom is -0.339 e. The second kappa shape index (κ2) is 10.4. The van der Waals surface area contributed by atoms with E-state index in [1.54, 1.807) is 0 Å². The van der Waals surface area contributed by atoms with Gasteiger partial charge in [0.2, 0.25) is 11.8 Å². The average molecular weight is 409 g/mol. The Hall–Kier alpha value is -2.70. The zero-order chi connectivity index (χ0) is 21.5. The highest BCUT2D eigenvalue weighted by molar-refractivity contribution is 5.93. The van der Waals surface area contributed by atoms with Crippen LogP contribution in [0.3, 0.4) is 0 Å². The zero-order valence-electron chi connectivity index (χ0n) is 18.1. The van der Waals surface area contributed by atoms with E-state index in [1.165, 1.54) is 5.56 Å². The van der Waals surface area contributed by atoms with Gasteiger partial charge in [-0.15, -0.1) is 0 Å². The molecule has 1 fully saturated rings. The first-order valence-electron chi connectivity index (χ1n) is 10.6. The largest absolute Gasteiger partial charge is 0.339 e. The minimum atomic E-state index is -0.00877. The Morgan fingerprint density at radius 2 is 1.57 bits per heavy atom. The van der Waals surface area contributed by atoms with Gasteiger partial charge in [0, 0.05) is 37.9 Å². The molecule has 1 atom stereocenters. The Labute approximate surface area is 179 Å². The standard InChI is InChI=1S/C24H32N4O2/c1-18-8-7-9-19(2)24(18)26-22(29)17-27-12-14-28(15-13-27)23(30)16-25-20(3)21-10-5-4-6-11-21/h4-11,20,25H,12-17H2,1-3H3,(H,26,29)/t20-/m1/s1. The lowest BCUT2D eigenvalue weighted by Gasteiger charge is -2.34. The van der Waals surface area contributed by atoms with E-state index in [2.05, 4.69) is 34.6 Å². The van der Waals surface area contributed by atoms with Crippen molar-refractivity contribution in [2.24, 2.45) is 0 Å². The SMILES string of the molecule is Cc1cccc(C)c1NC(=O)CN1CCN(C(=O)CN[C@H](C)c2ccccc2)CC1. The summed E-state index contributed by atoms with van der Waals surface area (Å²) in [5.41, 5.74) is 4.20. The maximum Gasteiger partial charge on any atom is 0.238 e. The van der Waals surface area contributed by atoms with Gasteiger partial charge in [0.25, 0.3) is 0 Å². The normalized spacial score (nSPS) is 15.6. The van der Waals surface area contributed by atoms with E-state index in [9.17, 15) is 9.59 Å². The summed E-state index contributed by atoms with van der Waals surface area (Å²) in [5, 5.41) is 6.35. The third-order valence-corrected chi connectivity index (χ3v) is 5.70. The summed E-state index contributed by atoms with van der Waals surface area (Å²) in [5.74, 6) is 0.1000. The highest BCUT2D eigenvalue weighted by Gasteiger charge is 2.23. The summed E-state index contributed by atoms with van der Waals surface area (Å²) in [6.45, 7) is 9.45. The zero-order valence-corrected chi connectivity index (χ0v) is 18.1. The predicted octanol–water partition coefficient (Wildman–Crippen LogP) is 2.74. The molecule has 2 amide bonds. The van der Waals surface area contributed by atoms with Crippen LogP contribution in [0.1, 0.15) is 29.7 Å². The number of hydrogen-bond acceptors (Lipinski definition) is 4. The molecule has 3 rings (SSSR count). The van der Waals surface area contributed by atoms with E-state index in [4.69, 9.17) is 0 Å². The van der Waals surface area contributed by atoms with Crippen molar-refractivity contribution in [2.75, 3.05) is 44.6 Å². The van der Waals surface area contributed by atoms with Crippen LogP contribution in [0, 0.1) is 13.8 Å². The molecule has 0 saturated carbocycles. The predicted molar refractivity (Wildman–Crippen MR) is 120 cm³/mol. The van der Waals surface area contributed by atoms with Crippen LogP contribution in [0.15, 0.2) is 48.5 Å². The summed E-state index contributed by atoms with van der Waals surface area (Å²) in [7, 11) is 0. The van der Waals surface area contributed by atoms with E-state index in [1.807, 2.05) is 55.1 Å². The van der Waals surface area contributed by atoms with Crippen molar-refractivity contribution in [1.82, 2.24) is 15.1 Å². The number of nitrogens with zero attached hydrogens (tertiary/aromatic N) is 2. The molecule has 0 radical (unpaired) electrons. The quantitative estimate of drug-likeness (QED) is 0.739. The molecule has 1 aliphatic heterocycles. The second-order valence-electron chi connectivity index (χ2n) is 7.99. The molecule has 0 bridgehead atoms. The van der Waals surface area contributed by atoms with Crippen LogP contribution in [0.5, 0.6) is 0 Å². The molecule has 2 aromatic rings. The molecule has 6 nitrogen and oxygen atoms in total. The topological polar surface area (TPSA) is 64.7 Å². The first kappa shape index (κ1) is 22.0. The molecule has 1 saturated heterocycles. The molecule has 1 heterocycles. The number of nitrogens with one attached hydrogen (secondary N) is 2. The number of rotatable bonds is 7. The van der Waals surface area contributed by atoms with Crippen LogP contribution in [0.2, 0.25) is 0 Å². The molecule has 1 aliphatic rings. The molecule has 30 heavy (non-hydrogen) atoms. The smallest absolute Gasteiger partial charge is 0.238 e. The maximum atomic E-state index is 12.5. The number of para-hydroxylation sites is 1. The van der Waals surface area contributed by atoms with Gasteiger partial charge in [0.1, 0.15) is 0 Å². The van der Waals surface area contributed by atoms with Gasteiger partial charge in [-0.25, -0.2) is 0 Å². The van der Waals surface area contributed by atoms with Crippen LogP contribution in [0.25, 0.3) is 0 Å². The van der Waals surface area contributed by atoms with Gasteiger partial charge in [-0.2, -0.15) is 0 Å². The van der Waals surface area contributed by atoms with Gasteiger partial charge >= 0.3 is 0 Å². The Bertz CT molecular complexity index is 841. The van der Waals surface area contributed by atoms with Crippen LogP contribution >= 0.6 is 0 Å². The van der Waals surface area contributed by atoms with E-state index >= 15 is 0 Å². The molecule has 0 aromatic heterocycles. The summed E-state index contributed by atoms with van der Waals surface area (Å²) in [4.78, 5) is 29.0. The van der Waals surface area contributed by atoms with Crippen molar-refractivity contribution in [3.63, 3.8) is 0 Å². The molecule has 0 aliphatic carbocycles. The highest BCUT2D eigenvalue weighted by atomic mass is 16.2. The lowest BCUT2D eigenvalue weighted by Crippen LogP contribution is -2.52. The fraction of sp³-hybridized carbons (Fsp3) is 0.417. The summed E-state index contributed by atoms with van der Waals surface area (Å²) in [6, 6.07) is 16.2. The summed E-state index contributed by atoms with van der Waals surface area (Å²) >= 11 is 0. The lowest BCUT2D eigenvalue weighted by molar-refractivity contribution is -0.132. The third-order valence-electron chi connectivity index (χ3n) is 5.70. The second-order valence-corrected chi connectivity index (χ2v) is 7.99. The first-order valence-corrected chi connectivity index (χ1v) is 10.6. The Balaban J connectivity index is 1.41. The fourth-order valence-electron chi connectivity index (χ4n) is 3.76. The van der Waals surface area contributed by atoms with Gasteiger partial charge < -0.3 is 15.5 Å². The molecule has 0 spiro atoms. The van der Waals surface area contributed by atoms with Crippen LogP contribution in [0.4, 0.5) is 5.69 Å². The number of carbonyl (C=O) groups is 2. The molecule has 2 aromatic carbocycles. The van der Waals surface area contributed by atoms with Crippen molar-refractivity contribution < 1.29 is 9.59 Å². The maximum absolute atomic E-state index is 12.5. The molecule has 2 N–H and O–H groups in total. The molecular formula is C24H32N4O2. The van der Waals surface area contributed by atoms with E-state index < -0.39 is 0 Å². The van der Waals surface area contributed by atoms with Crippen LogP contribution in [-0.4, -0.2) is 60.9 Å². The molecule has 160 valence electrons.